The minimum atomic E-state index is -0.144. The molecule has 93 heavy (non-hydrogen) atoms. The fraction of sp³-hybridized carbons (Fsp3) is 0.0682. The summed E-state index contributed by atoms with van der Waals surface area (Å²) in [5.41, 5.74) is 30.6. The summed E-state index contributed by atoms with van der Waals surface area (Å²) in [5.74, 6) is 0.691. The van der Waals surface area contributed by atoms with Crippen LogP contribution in [0.4, 0.5) is 0 Å². The molecule has 5 heteroatoms. The maximum atomic E-state index is 5.15. The van der Waals surface area contributed by atoms with E-state index in [2.05, 4.69) is 327 Å². The molecular formula is C88H61N5. The third kappa shape index (κ3) is 7.99. The zero-order valence-electron chi connectivity index (χ0n) is 52.0. The van der Waals surface area contributed by atoms with E-state index in [1.54, 1.807) is 0 Å². The molecule has 0 unspecified atom stereocenters. The third-order valence-corrected chi connectivity index (χ3v) is 20.7. The van der Waals surface area contributed by atoms with Gasteiger partial charge in [0.25, 0.3) is 0 Å². The highest BCUT2D eigenvalue weighted by Gasteiger charge is 2.37. The Morgan fingerprint density at radius 2 is 0.548 bits per heavy atom. The van der Waals surface area contributed by atoms with Crippen LogP contribution in [0.5, 0.6) is 0 Å². The lowest BCUT2D eigenvalue weighted by molar-refractivity contribution is 0.660. The lowest BCUT2D eigenvalue weighted by Gasteiger charge is -2.22. The Morgan fingerprint density at radius 1 is 0.226 bits per heavy atom. The number of nitrogens with zero attached hydrogens (tertiary/aromatic N) is 5. The SMILES string of the molecule is CC1(C)c2ccccc2-c2ccc(-n3c4ccccc4c4cc(-c5ccc6c(c5)c5cc(-c7ccc8c(c7)c7ccccc7n8-c7ccc(-c8nc(-c9ccccc9)cc(-c9ccccc9)n8)cc7)ccc5n6-c5ccc6c(c5)C(C)(C)c5ccccc5-6)ccc43)cc21. The van der Waals surface area contributed by atoms with Gasteiger partial charge in [0, 0.05) is 76.9 Å². The Kier molecular flexibility index (Phi) is 11.4. The summed E-state index contributed by atoms with van der Waals surface area (Å²) >= 11 is 0. The standard InChI is InChI=1S/C88H61N5/c1-87(2)74-27-15-11-23-64(74)66-41-39-62(51-76(66)87)92-81-30-18-14-26-69(81)71-48-58(34-44-83(71)92)60-36-46-85-73(50-60)72-49-59(35-45-84(72)93(85)63-40-42-67-65-24-12-16-28-75(65)88(3,4)77(67)52-63)57-33-43-82-70(47-57)68-25-13-17-29-80(68)91(82)61-37-31-56(32-38-61)86-89-78(54-19-7-5-8-20-54)53-79(90-86)55-21-9-6-10-22-55/h5-53H,1-4H3. The van der Waals surface area contributed by atoms with Crippen LogP contribution in [-0.2, 0) is 10.8 Å². The van der Waals surface area contributed by atoms with Crippen molar-refractivity contribution in [2.75, 3.05) is 0 Å². The van der Waals surface area contributed by atoms with Gasteiger partial charge >= 0.3 is 0 Å². The number of benzene rings is 13. The molecule has 13 aromatic carbocycles. The second-order valence-corrected chi connectivity index (χ2v) is 26.5. The van der Waals surface area contributed by atoms with Crippen LogP contribution in [0.3, 0.4) is 0 Å². The molecule has 0 bridgehead atoms. The van der Waals surface area contributed by atoms with Crippen molar-refractivity contribution in [2.45, 2.75) is 38.5 Å². The van der Waals surface area contributed by atoms with E-state index in [1.165, 1.54) is 127 Å². The molecule has 19 rings (SSSR count). The molecule has 4 aromatic heterocycles. The van der Waals surface area contributed by atoms with Crippen LogP contribution >= 0.6 is 0 Å². The van der Waals surface area contributed by atoms with Crippen LogP contribution in [0.15, 0.2) is 297 Å². The van der Waals surface area contributed by atoms with Crippen molar-refractivity contribution in [1.29, 1.82) is 0 Å². The highest BCUT2D eigenvalue weighted by atomic mass is 15.0. The highest BCUT2D eigenvalue weighted by molar-refractivity contribution is 6.15. The van der Waals surface area contributed by atoms with E-state index in [-0.39, 0.29) is 10.8 Å². The molecule has 0 atom stereocenters. The Balaban J connectivity index is 0.737. The number of aromatic nitrogens is 5. The van der Waals surface area contributed by atoms with Crippen molar-refractivity contribution in [1.82, 2.24) is 23.7 Å². The van der Waals surface area contributed by atoms with E-state index >= 15 is 0 Å². The average molecular weight is 1190 g/mol. The molecule has 0 N–H and O–H groups in total. The maximum absolute atomic E-state index is 5.15. The summed E-state index contributed by atoms with van der Waals surface area (Å²) in [6.07, 6.45) is 0. The second-order valence-electron chi connectivity index (χ2n) is 26.5. The Morgan fingerprint density at radius 3 is 0.978 bits per heavy atom. The molecule has 2 aliphatic rings. The first kappa shape index (κ1) is 53.2. The molecule has 0 spiro atoms. The average Bonchev–Trinajstić information content (AvgIpc) is 1.58. The zero-order chi connectivity index (χ0) is 61.8. The zero-order valence-corrected chi connectivity index (χ0v) is 52.0. The van der Waals surface area contributed by atoms with Gasteiger partial charge in [-0.2, -0.15) is 0 Å². The van der Waals surface area contributed by atoms with Gasteiger partial charge in [0.15, 0.2) is 5.82 Å². The molecule has 0 saturated carbocycles. The molecule has 0 saturated heterocycles. The smallest absolute Gasteiger partial charge is 0.160 e. The van der Waals surface area contributed by atoms with Gasteiger partial charge in [0.1, 0.15) is 0 Å². The van der Waals surface area contributed by atoms with Crippen molar-refractivity contribution >= 4 is 65.4 Å². The first-order valence-electron chi connectivity index (χ1n) is 32.4. The molecule has 2 aliphatic carbocycles. The van der Waals surface area contributed by atoms with E-state index in [0.29, 0.717) is 5.82 Å². The summed E-state index contributed by atoms with van der Waals surface area (Å²) in [7, 11) is 0. The first-order chi connectivity index (χ1) is 45.6. The summed E-state index contributed by atoms with van der Waals surface area (Å²) in [4.78, 5) is 10.3. The highest BCUT2D eigenvalue weighted by Crippen LogP contribution is 2.52. The second kappa shape index (κ2) is 19.9. The van der Waals surface area contributed by atoms with Gasteiger partial charge in [-0.25, -0.2) is 9.97 Å². The number of para-hydroxylation sites is 2. The summed E-state index contributed by atoms with van der Waals surface area (Å²) in [6, 6.07) is 110. The minimum absolute atomic E-state index is 0.103. The van der Waals surface area contributed by atoms with Gasteiger partial charge in [-0.15, -0.1) is 0 Å². The van der Waals surface area contributed by atoms with E-state index < -0.39 is 0 Å². The third-order valence-electron chi connectivity index (χ3n) is 20.7. The number of hydrogen-bond donors (Lipinski definition) is 0. The van der Waals surface area contributed by atoms with E-state index in [0.717, 1.165) is 50.5 Å². The van der Waals surface area contributed by atoms with Crippen molar-refractivity contribution in [2.24, 2.45) is 0 Å². The van der Waals surface area contributed by atoms with Crippen molar-refractivity contribution < 1.29 is 0 Å². The summed E-state index contributed by atoms with van der Waals surface area (Å²) < 4.78 is 7.37. The Hall–Kier alpha value is -11.7. The summed E-state index contributed by atoms with van der Waals surface area (Å²) in [6.45, 7) is 9.48. The normalized spacial score (nSPS) is 13.5. The van der Waals surface area contributed by atoms with E-state index in [1.807, 2.05) is 12.1 Å². The van der Waals surface area contributed by atoms with Crippen LogP contribution in [-0.4, -0.2) is 23.7 Å². The first-order valence-corrected chi connectivity index (χ1v) is 32.4. The lowest BCUT2D eigenvalue weighted by atomic mass is 9.82. The van der Waals surface area contributed by atoms with Crippen LogP contribution in [0.25, 0.3) is 161 Å². The van der Waals surface area contributed by atoms with Crippen molar-refractivity contribution in [3.8, 4) is 95.5 Å². The van der Waals surface area contributed by atoms with E-state index in [9.17, 15) is 0 Å². The molecule has 0 radical (unpaired) electrons. The molecule has 5 nitrogen and oxygen atoms in total. The quantitative estimate of drug-likeness (QED) is 0.152. The van der Waals surface area contributed by atoms with Crippen LogP contribution in [0.1, 0.15) is 49.9 Å². The van der Waals surface area contributed by atoms with Crippen molar-refractivity contribution in [3.05, 3.63) is 320 Å². The molecule has 438 valence electrons. The predicted octanol–water partition coefficient (Wildman–Crippen LogP) is 22.7. The molecule has 0 fully saturated rings. The van der Waals surface area contributed by atoms with E-state index in [4.69, 9.17) is 9.97 Å². The lowest BCUT2D eigenvalue weighted by Crippen LogP contribution is -2.15. The largest absolute Gasteiger partial charge is 0.309 e. The Bertz CT molecular complexity index is 5920. The number of fused-ring (bicyclic) bond motifs is 15. The monoisotopic (exact) mass is 1190 g/mol. The van der Waals surface area contributed by atoms with Gasteiger partial charge in [-0.1, -0.05) is 210 Å². The van der Waals surface area contributed by atoms with Gasteiger partial charge < -0.3 is 13.7 Å². The Labute approximate surface area is 539 Å². The van der Waals surface area contributed by atoms with Gasteiger partial charge in [-0.3, -0.25) is 0 Å². The molecule has 17 aromatic rings. The topological polar surface area (TPSA) is 40.6 Å². The predicted molar refractivity (Wildman–Crippen MR) is 387 cm³/mol. The molecule has 4 heterocycles. The fourth-order valence-electron chi connectivity index (χ4n) is 16.0. The van der Waals surface area contributed by atoms with Crippen LogP contribution < -0.4 is 0 Å². The minimum Gasteiger partial charge on any atom is -0.309 e. The maximum Gasteiger partial charge on any atom is 0.160 e. The van der Waals surface area contributed by atoms with Gasteiger partial charge in [0.05, 0.1) is 44.5 Å². The van der Waals surface area contributed by atoms with Gasteiger partial charge in [0.2, 0.25) is 0 Å². The number of hydrogen-bond acceptors (Lipinski definition) is 2. The molecule has 0 aliphatic heterocycles. The number of rotatable bonds is 8. The molecule has 0 amide bonds. The summed E-state index contributed by atoms with van der Waals surface area (Å²) in [5, 5.41) is 7.31. The fourth-order valence-corrected chi connectivity index (χ4v) is 16.0. The van der Waals surface area contributed by atoms with Crippen LogP contribution in [0.2, 0.25) is 0 Å². The molecular weight excluding hydrogens is 1130 g/mol. The van der Waals surface area contributed by atoms with Gasteiger partial charge in [-0.05, 0) is 182 Å². The van der Waals surface area contributed by atoms with Crippen LogP contribution in [0, 0.1) is 0 Å². The van der Waals surface area contributed by atoms with Crippen molar-refractivity contribution in [3.63, 3.8) is 0 Å².